The van der Waals surface area contributed by atoms with Crippen molar-refractivity contribution < 1.29 is 0 Å². The number of aliphatic imine (C=N–C) groups is 1. The highest BCUT2D eigenvalue weighted by Crippen LogP contribution is 2.23. The highest BCUT2D eigenvalue weighted by Gasteiger charge is 2.05. The zero-order valence-corrected chi connectivity index (χ0v) is 14.5. The van der Waals surface area contributed by atoms with E-state index in [9.17, 15) is 0 Å². The third-order valence-electron chi connectivity index (χ3n) is 3.24. The molecule has 0 bridgehead atoms. The molecule has 0 atom stereocenters. The second kappa shape index (κ2) is 7.89. The van der Waals surface area contributed by atoms with Gasteiger partial charge in [0, 0.05) is 22.9 Å². The Morgan fingerprint density at radius 2 is 1.87 bits per heavy atom. The minimum atomic E-state index is 0.660. The van der Waals surface area contributed by atoms with Crippen molar-refractivity contribution in [1.82, 2.24) is 15.6 Å². The Morgan fingerprint density at radius 3 is 2.61 bits per heavy atom. The molecule has 2 heterocycles. The molecule has 0 saturated carbocycles. The number of aromatic nitrogens is 1. The lowest BCUT2D eigenvalue weighted by Crippen LogP contribution is -2.36. The molecule has 0 aliphatic carbocycles. The molecule has 0 amide bonds. The zero-order valence-electron chi connectivity index (χ0n) is 12.8. The van der Waals surface area contributed by atoms with Crippen molar-refractivity contribution in [1.29, 1.82) is 0 Å². The summed E-state index contributed by atoms with van der Waals surface area (Å²) in [4.78, 5) is 10.2. The van der Waals surface area contributed by atoms with Gasteiger partial charge in [0.1, 0.15) is 5.01 Å². The predicted octanol–water partition coefficient (Wildman–Crippen LogP) is 3.74. The van der Waals surface area contributed by atoms with Crippen LogP contribution in [0.3, 0.4) is 0 Å². The van der Waals surface area contributed by atoms with E-state index in [-0.39, 0.29) is 0 Å². The van der Waals surface area contributed by atoms with Crippen LogP contribution in [0.1, 0.15) is 10.6 Å². The smallest absolute Gasteiger partial charge is 0.191 e. The lowest BCUT2D eigenvalue weighted by molar-refractivity contribution is 0.804. The van der Waals surface area contributed by atoms with Crippen molar-refractivity contribution in [2.24, 2.45) is 4.99 Å². The molecule has 23 heavy (non-hydrogen) atoms. The van der Waals surface area contributed by atoms with Crippen molar-refractivity contribution in [3.05, 3.63) is 63.8 Å². The van der Waals surface area contributed by atoms with Crippen molar-refractivity contribution in [2.45, 2.75) is 13.1 Å². The van der Waals surface area contributed by atoms with Crippen molar-refractivity contribution in [2.75, 3.05) is 7.05 Å². The molecule has 2 N–H and O–H groups in total. The minimum Gasteiger partial charge on any atom is -0.352 e. The van der Waals surface area contributed by atoms with Crippen LogP contribution in [0.4, 0.5) is 0 Å². The summed E-state index contributed by atoms with van der Waals surface area (Å²) < 4.78 is 0. The van der Waals surface area contributed by atoms with E-state index in [2.05, 4.69) is 55.6 Å². The lowest BCUT2D eigenvalue weighted by Gasteiger charge is -2.09. The maximum absolute atomic E-state index is 4.67. The quantitative estimate of drug-likeness (QED) is 0.548. The van der Waals surface area contributed by atoms with Crippen LogP contribution < -0.4 is 10.6 Å². The Labute approximate surface area is 144 Å². The molecular weight excluding hydrogens is 324 g/mol. The molecule has 0 spiro atoms. The number of hydrogen-bond donors (Lipinski definition) is 2. The highest BCUT2D eigenvalue weighted by atomic mass is 32.1. The Balaban J connectivity index is 1.54. The number of hydrogen-bond acceptors (Lipinski definition) is 4. The Hall–Kier alpha value is -2.18. The molecule has 2 aromatic heterocycles. The van der Waals surface area contributed by atoms with Crippen LogP contribution in [0, 0.1) is 0 Å². The highest BCUT2D eigenvalue weighted by molar-refractivity contribution is 7.13. The van der Waals surface area contributed by atoms with Gasteiger partial charge in [0.05, 0.1) is 18.8 Å². The summed E-state index contributed by atoms with van der Waals surface area (Å²) in [6, 6.07) is 14.4. The van der Waals surface area contributed by atoms with Crippen LogP contribution in [-0.4, -0.2) is 18.0 Å². The summed E-state index contributed by atoms with van der Waals surface area (Å²) in [5.74, 6) is 0.785. The third-order valence-corrected chi connectivity index (χ3v) is 5.06. The van der Waals surface area contributed by atoms with Gasteiger partial charge in [-0.3, -0.25) is 4.99 Å². The van der Waals surface area contributed by atoms with Crippen LogP contribution in [0.15, 0.2) is 58.2 Å². The molecule has 0 aliphatic rings. The number of thiazole rings is 1. The lowest BCUT2D eigenvalue weighted by atomic mass is 10.2. The molecular formula is C17H18N4S2. The Morgan fingerprint density at radius 1 is 1.04 bits per heavy atom. The maximum atomic E-state index is 4.67. The Bertz CT molecular complexity index is 748. The first-order valence-corrected chi connectivity index (χ1v) is 9.08. The summed E-state index contributed by atoms with van der Waals surface area (Å²) >= 11 is 3.40. The van der Waals surface area contributed by atoms with E-state index in [1.165, 1.54) is 4.88 Å². The van der Waals surface area contributed by atoms with E-state index in [4.69, 9.17) is 0 Å². The average molecular weight is 342 g/mol. The van der Waals surface area contributed by atoms with E-state index in [1.54, 1.807) is 29.7 Å². The molecule has 0 aliphatic heterocycles. The summed E-state index contributed by atoms with van der Waals surface area (Å²) in [6.07, 6.45) is 0. The van der Waals surface area contributed by atoms with Gasteiger partial charge in [-0.1, -0.05) is 36.4 Å². The molecule has 4 nitrogen and oxygen atoms in total. The Kier molecular flexibility index (Phi) is 5.39. The second-order valence-corrected chi connectivity index (χ2v) is 6.76. The van der Waals surface area contributed by atoms with Gasteiger partial charge in [-0.25, -0.2) is 4.98 Å². The summed E-state index contributed by atoms with van der Waals surface area (Å²) in [6.45, 7) is 1.44. The van der Waals surface area contributed by atoms with E-state index in [0.29, 0.717) is 6.54 Å². The first-order chi connectivity index (χ1) is 11.3. The molecule has 3 rings (SSSR count). The fraction of sp³-hybridized carbons (Fsp3) is 0.176. The predicted molar refractivity (Wildman–Crippen MR) is 98.9 cm³/mol. The molecule has 1 aromatic carbocycles. The fourth-order valence-corrected chi connectivity index (χ4v) is 3.55. The van der Waals surface area contributed by atoms with Gasteiger partial charge in [-0.05, 0) is 11.4 Å². The largest absolute Gasteiger partial charge is 0.352 e. The van der Waals surface area contributed by atoms with E-state index < -0.39 is 0 Å². The summed E-state index contributed by atoms with van der Waals surface area (Å²) in [5, 5.41) is 11.8. The number of nitrogens with zero attached hydrogens (tertiary/aromatic N) is 2. The van der Waals surface area contributed by atoms with Gasteiger partial charge in [-0.15, -0.1) is 22.7 Å². The third kappa shape index (κ3) is 4.40. The molecule has 0 fully saturated rings. The van der Waals surface area contributed by atoms with Crippen molar-refractivity contribution >= 4 is 28.6 Å². The molecule has 3 aromatic rings. The number of benzene rings is 1. The monoisotopic (exact) mass is 342 g/mol. The fourth-order valence-electron chi connectivity index (χ4n) is 2.08. The average Bonchev–Trinajstić information content (AvgIpc) is 3.27. The van der Waals surface area contributed by atoms with Crippen LogP contribution in [0.5, 0.6) is 0 Å². The molecule has 6 heteroatoms. The summed E-state index contributed by atoms with van der Waals surface area (Å²) in [5.41, 5.74) is 2.18. The normalized spacial score (nSPS) is 11.4. The van der Waals surface area contributed by atoms with Gasteiger partial charge in [0.2, 0.25) is 0 Å². The number of nitrogens with one attached hydrogen (secondary N) is 2. The first kappa shape index (κ1) is 15.7. The van der Waals surface area contributed by atoms with Crippen LogP contribution in [-0.2, 0) is 13.1 Å². The van der Waals surface area contributed by atoms with Gasteiger partial charge in [-0.2, -0.15) is 0 Å². The first-order valence-electron chi connectivity index (χ1n) is 7.32. The van der Waals surface area contributed by atoms with E-state index >= 15 is 0 Å². The standard InChI is InChI=1S/C17H18N4S2/c1-18-17(20-11-15-8-5-9-22-15)19-10-14-12-23-16(21-14)13-6-3-2-4-7-13/h2-9,12H,10-11H2,1H3,(H2,18,19,20). The number of guanidine groups is 1. The van der Waals surface area contributed by atoms with Crippen molar-refractivity contribution in [3.8, 4) is 10.6 Å². The number of thiophene rings is 1. The number of rotatable bonds is 5. The molecule has 118 valence electrons. The van der Waals surface area contributed by atoms with E-state index in [1.807, 2.05) is 18.2 Å². The van der Waals surface area contributed by atoms with Crippen LogP contribution >= 0.6 is 22.7 Å². The van der Waals surface area contributed by atoms with Crippen LogP contribution in [0.25, 0.3) is 10.6 Å². The maximum Gasteiger partial charge on any atom is 0.191 e. The molecule has 0 radical (unpaired) electrons. The van der Waals surface area contributed by atoms with Gasteiger partial charge in [0.25, 0.3) is 0 Å². The topological polar surface area (TPSA) is 49.3 Å². The van der Waals surface area contributed by atoms with Crippen molar-refractivity contribution in [3.63, 3.8) is 0 Å². The van der Waals surface area contributed by atoms with Gasteiger partial charge < -0.3 is 10.6 Å². The molecule has 0 unspecified atom stereocenters. The van der Waals surface area contributed by atoms with Gasteiger partial charge in [0.15, 0.2) is 5.96 Å². The van der Waals surface area contributed by atoms with Gasteiger partial charge >= 0.3 is 0 Å². The van der Waals surface area contributed by atoms with E-state index in [0.717, 1.165) is 28.8 Å². The second-order valence-electron chi connectivity index (χ2n) is 4.87. The summed E-state index contributed by atoms with van der Waals surface area (Å²) in [7, 11) is 1.78. The SMILES string of the molecule is CN=C(NCc1csc(-c2ccccc2)n1)NCc1cccs1. The minimum absolute atomic E-state index is 0.660. The van der Waals surface area contributed by atoms with Crippen LogP contribution in [0.2, 0.25) is 0 Å². The zero-order chi connectivity index (χ0) is 15.9. The molecule has 0 saturated heterocycles.